The number of amides is 1. The Kier molecular flexibility index (Phi) is 2.06. The molecule has 2 atom stereocenters. The molecule has 1 heterocycles. The largest absolute Gasteiger partial charge is 0.383 e. The van der Waals surface area contributed by atoms with E-state index in [1.54, 1.807) is 6.08 Å². The van der Waals surface area contributed by atoms with E-state index in [2.05, 4.69) is 11.9 Å². The van der Waals surface area contributed by atoms with Crippen molar-refractivity contribution in [2.24, 2.45) is 5.92 Å². The van der Waals surface area contributed by atoms with Gasteiger partial charge in [-0.2, -0.15) is 0 Å². The Morgan fingerprint density at radius 1 is 1.90 bits per heavy atom. The minimum absolute atomic E-state index is 0.0324. The second-order valence-corrected chi connectivity index (χ2v) is 2.47. The third-order valence-electron chi connectivity index (χ3n) is 1.72. The number of nitrogens with one attached hydrogen (secondary N) is 1. The zero-order chi connectivity index (χ0) is 7.56. The maximum atomic E-state index is 10.7. The van der Waals surface area contributed by atoms with E-state index in [9.17, 15) is 4.79 Å². The van der Waals surface area contributed by atoms with Gasteiger partial charge in [-0.3, -0.25) is 4.79 Å². The molecule has 1 saturated heterocycles. The normalized spacial score (nSPS) is 31.9. The molecule has 2 N–H and O–H groups in total. The summed E-state index contributed by atoms with van der Waals surface area (Å²) in [4.78, 5) is 10.7. The number of allylic oxidation sites excluding steroid dienone is 1. The fourth-order valence-corrected chi connectivity index (χ4v) is 1.09. The van der Waals surface area contributed by atoms with E-state index in [0.29, 0.717) is 13.0 Å². The van der Waals surface area contributed by atoms with Crippen molar-refractivity contribution in [3.8, 4) is 0 Å². The van der Waals surface area contributed by atoms with Gasteiger partial charge in [0.2, 0.25) is 5.91 Å². The third-order valence-corrected chi connectivity index (χ3v) is 1.72. The van der Waals surface area contributed by atoms with Gasteiger partial charge in [0, 0.05) is 12.5 Å². The predicted molar refractivity (Wildman–Crippen MR) is 37.3 cm³/mol. The van der Waals surface area contributed by atoms with Gasteiger partial charge in [-0.05, 0) is 6.42 Å². The van der Waals surface area contributed by atoms with Crippen LogP contribution < -0.4 is 5.32 Å². The Bertz CT molecular complexity index is 156. The molecule has 10 heavy (non-hydrogen) atoms. The summed E-state index contributed by atoms with van der Waals surface area (Å²) in [5.74, 6) is -0.225. The summed E-state index contributed by atoms with van der Waals surface area (Å²) < 4.78 is 0. The molecule has 1 fully saturated rings. The SMILES string of the molecule is C=CCC1CNC(=O)C1O. The Balaban J connectivity index is 2.48. The summed E-state index contributed by atoms with van der Waals surface area (Å²) in [6, 6.07) is 0. The summed E-state index contributed by atoms with van der Waals surface area (Å²) in [6.45, 7) is 4.11. The molecule has 1 amide bonds. The summed E-state index contributed by atoms with van der Waals surface area (Å²) in [5.41, 5.74) is 0. The quantitative estimate of drug-likeness (QED) is 0.517. The fourth-order valence-electron chi connectivity index (χ4n) is 1.09. The number of carbonyl (C=O) groups excluding carboxylic acids is 1. The Morgan fingerprint density at radius 3 is 3.00 bits per heavy atom. The Morgan fingerprint density at radius 2 is 2.60 bits per heavy atom. The first-order chi connectivity index (χ1) is 4.75. The van der Waals surface area contributed by atoms with Gasteiger partial charge >= 0.3 is 0 Å². The second kappa shape index (κ2) is 2.84. The second-order valence-electron chi connectivity index (χ2n) is 2.47. The highest BCUT2D eigenvalue weighted by molar-refractivity contribution is 5.83. The average molecular weight is 141 g/mol. The summed E-state index contributed by atoms with van der Waals surface area (Å²) >= 11 is 0. The number of hydrogen-bond acceptors (Lipinski definition) is 2. The van der Waals surface area contributed by atoms with Crippen LogP contribution in [0.5, 0.6) is 0 Å². The first-order valence-electron chi connectivity index (χ1n) is 3.32. The number of carbonyl (C=O) groups is 1. The van der Waals surface area contributed by atoms with Crippen LogP contribution >= 0.6 is 0 Å². The molecule has 2 unspecified atom stereocenters. The van der Waals surface area contributed by atoms with Crippen molar-refractivity contribution < 1.29 is 9.90 Å². The van der Waals surface area contributed by atoms with Gasteiger partial charge in [-0.15, -0.1) is 6.58 Å². The monoisotopic (exact) mass is 141 g/mol. The number of aliphatic hydroxyl groups excluding tert-OH is 1. The molecule has 0 aromatic rings. The molecule has 0 aromatic carbocycles. The lowest BCUT2D eigenvalue weighted by Gasteiger charge is -2.06. The molecule has 0 aromatic heterocycles. The van der Waals surface area contributed by atoms with E-state index < -0.39 is 6.10 Å². The van der Waals surface area contributed by atoms with Crippen molar-refractivity contribution in [2.75, 3.05) is 6.54 Å². The Hall–Kier alpha value is -0.830. The van der Waals surface area contributed by atoms with Gasteiger partial charge in [-0.25, -0.2) is 0 Å². The van der Waals surface area contributed by atoms with Crippen molar-refractivity contribution in [1.82, 2.24) is 5.32 Å². The van der Waals surface area contributed by atoms with Gasteiger partial charge in [0.05, 0.1) is 0 Å². The van der Waals surface area contributed by atoms with Crippen molar-refractivity contribution >= 4 is 5.91 Å². The molecule has 1 rings (SSSR count). The number of hydrogen-bond donors (Lipinski definition) is 2. The standard InChI is InChI=1S/C7H11NO2/c1-2-3-5-4-8-7(10)6(5)9/h2,5-6,9H,1,3-4H2,(H,8,10). The summed E-state index contributed by atoms with van der Waals surface area (Å²) in [6.07, 6.45) is 1.59. The highest BCUT2D eigenvalue weighted by atomic mass is 16.3. The van der Waals surface area contributed by atoms with E-state index in [4.69, 9.17) is 5.11 Å². The molecule has 0 radical (unpaired) electrons. The highest BCUT2D eigenvalue weighted by Gasteiger charge is 2.31. The molecular formula is C7H11NO2. The zero-order valence-corrected chi connectivity index (χ0v) is 5.71. The molecule has 0 spiro atoms. The number of rotatable bonds is 2. The molecule has 0 saturated carbocycles. The minimum atomic E-state index is -0.821. The maximum absolute atomic E-state index is 10.7. The van der Waals surface area contributed by atoms with E-state index in [1.807, 2.05) is 0 Å². The first kappa shape index (κ1) is 7.28. The zero-order valence-electron chi connectivity index (χ0n) is 5.71. The third kappa shape index (κ3) is 1.19. The molecule has 0 aliphatic carbocycles. The van der Waals surface area contributed by atoms with Crippen LogP contribution in [-0.4, -0.2) is 23.7 Å². The topological polar surface area (TPSA) is 49.3 Å². The van der Waals surface area contributed by atoms with Crippen LogP contribution in [0.3, 0.4) is 0 Å². The number of aliphatic hydroxyl groups is 1. The molecule has 1 aliphatic rings. The summed E-state index contributed by atoms with van der Waals surface area (Å²) in [7, 11) is 0. The van der Waals surface area contributed by atoms with Gasteiger partial charge < -0.3 is 10.4 Å². The van der Waals surface area contributed by atoms with Gasteiger partial charge in [0.25, 0.3) is 0 Å². The van der Waals surface area contributed by atoms with E-state index >= 15 is 0 Å². The van der Waals surface area contributed by atoms with Crippen LogP contribution in [0.15, 0.2) is 12.7 Å². The molecule has 3 heteroatoms. The van der Waals surface area contributed by atoms with Crippen LogP contribution in [0.2, 0.25) is 0 Å². The van der Waals surface area contributed by atoms with E-state index in [-0.39, 0.29) is 11.8 Å². The van der Waals surface area contributed by atoms with Crippen LogP contribution in [0.25, 0.3) is 0 Å². The van der Waals surface area contributed by atoms with Gasteiger partial charge in [0.15, 0.2) is 0 Å². The highest BCUT2D eigenvalue weighted by Crippen LogP contribution is 2.13. The molecule has 1 aliphatic heterocycles. The van der Waals surface area contributed by atoms with Crippen LogP contribution in [-0.2, 0) is 4.79 Å². The maximum Gasteiger partial charge on any atom is 0.249 e. The molecule has 3 nitrogen and oxygen atoms in total. The van der Waals surface area contributed by atoms with Crippen molar-refractivity contribution in [3.05, 3.63) is 12.7 Å². The minimum Gasteiger partial charge on any atom is -0.383 e. The van der Waals surface area contributed by atoms with Crippen LogP contribution in [0.4, 0.5) is 0 Å². The van der Waals surface area contributed by atoms with Gasteiger partial charge in [0.1, 0.15) is 6.10 Å². The van der Waals surface area contributed by atoms with Gasteiger partial charge in [-0.1, -0.05) is 6.08 Å². The van der Waals surface area contributed by atoms with Crippen molar-refractivity contribution in [1.29, 1.82) is 0 Å². The Labute approximate surface area is 59.7 Å². The van der Waals surface area contributed by atoms with Crippen LogP contribution in [0.1, 0.15) is 6.42 Å². The average Bonchev–Trinajstić information content (AvgIpc) is 2.20. The fraction of sp³-hybridized carbons (Fsp3) is 0.571. The summed E-state index contributed by atoms with van der Waals surface area (Å²) in [5, 5.41) is 11.7. The molecule has 0 bridgehead atoms. The molecular weight excluding hydrogens is 130 g/mol. The first-order valence-corrected chi connectivity index (χ1v) is 3.32. The van der Waals surface area contributed by atoms with Crippen LogP contribution in [0, 0.1) is 5.92 Å². The smallest absolute Gasteiger partial charge is 0.249 e. The van der Waals surface area contributed by atoms with Crippen molar-refractivity contribution in [3.63, 3.8) is 0 Å². The lowest BCUT2D eigenvalue weighted by Crippen LogP contribution is -2.24. The van der Waals surface area contributed by atoms with E-state index in [0.717, 1.165) is 0 Å². The lowest BCUT2D eigenvalue weighted by atomic mass is 10.0. The lowest BCUT2D eigenvalue weighted by molar-refractivity contribution is -0.127. The molecule has 56 valence electrons. The predicted octanol–water partition coefficient (Wildman–Crippen LogP) is -0.331. The van der Waals surface area contributed by atoms with Crippen molar-refractivity contribution in [2.45, 2.75) is 12.5 Å². The van der Waals surface area contributed by atoms with E-state index in [1.165, 1.54) is 0 Å².